The molecule has 2 amide bonds. The largest absolute Gasteiger partial charge is 0.450 e. The van der Waals surface area contributed by atoms with Crippen molar-refractivity contribution in [1.29, 1.82) is 0 Å². The summed E-state index contributed by atoms with van der Waals surface area (Å²) in [7, 11) is 0. The fourth-order valence-electron chi connectivity index (χ4n) is 2.51. The lowest BCUT2D eigenvalue weighted by Crippen LogP contribution is -2.33. The summed E-state index contributed by atoms with van der Waals surface area (Å²) in [4.78, 5) is 37.2. The minimum absolute atomic E-state index is 0.0373. The third kappa shape index (κ3) is 4.47. The van der Waals surface area contributed by atoms with Crippen LogP contribution in [-0.4, -0.2) is 42.1 Å². The van der Waals surface area contributed by atoms with Crippen molar-refractivity contribution in [1.82, 2.24) is 4.90 Å². The molecule has 1 aliphatic heterocycles. The molecule has 2 rings (SSSR count). The van der Waals surface area contributed by atoms with Crippen LogP contribution in [0.5, 0.6) is 5.75 Å². The molecular formula is C17H22N2O5. The summed E-state index contributed by atoms with van der Waals surface area (Å²) in [6.07, 6.45) is -0.410. The molecule has 1 fully saturated rings. The van der Waals surface area contributed by atoms with Gasteiger partial charge in [0, 0.05) is 30.8 Å². The number of benzene rings is 1. The first kappa shape index (κ1) is 17.8. The first-order valence-electron chi connectivity index (χ1n) is 7.95. The molecule has 1 atom stereocenters. The Morgan fingerprint density at radius 2 is 2.12 bits per heavy atom. The lowest BCUT2D eigenvalue weighted by atomic mass is 10.1. The quantitative estimate of drug-likeness (QED) is 0.660. The van der Waals surface area contributed by atoms with E-state index < -0.39 is 18.0 Å². The van der Waals surface area contributed by atoms with Crippen LogP contribution in [0.2, 0.25) is 0 Å². The van der Waals surface area contributed by atoms with Crippen molar-refractivity contribution in [2.24, 2.45) is 5.92 Å². The highest BCUT2D eigenvalue weighted by Gasteiger charge is 2.36. The molecule has 130 valence electrons. The smallest absolute Gasteiger partial charge is 0.411 e. The Morgan fingerprint density at radius 3 is 2.75 bits per heavy atom. The highest BCUT2D eigenvalue weighted by atomic mass is 16.5. The Hall–Kier alpha value is -2.57. The minimum Gasteiger partial charge on any atom is -0.450 e. The number of hydrogen-bond acceptors (Lipinski definition) is 5. The third-order valence-electron chi connectivity index (χ3n) is 3.69. The second-order valence-electron chi connectivity index (χ2n) is 5.84. The number of carbonyl (C=O) groups excluding carboxylic acids is 3. The summed E-state index contributed by atoms with van der Waals surface area (Å²) < 4.78 is 10.1. The number of nitrogens with zero attached hydrogens (tertiary/aromatic N) is 1. The Morgan fingerprint density at radius 1 is 1.38 bits per heavy atom. The van der Waals surface area contributed by atoms with Crippen molar-refractivity contribution in [3.63, 3.8) is 0 Å². The molecule has 0 radical (unpaired) electrons. The van der Waals surface area contributed by atoms with Gasteiger partial charge in [0.05, 0.1) is 12.5 Å². The van der Waals surface area contributed by atoms with Crippen LogP contribution in [0.1, 0.15) is 27.2 Å². The Labute approximate surface area is 140 Å². The van der Waals surface area contributed by atoms with Crippen LogP contribution in [0.25, 0.3) is 0 Å². The van der Waals surface area contributed by atoms with Crippen molar-refractivity contribution in [3.8, 4) is 5.75 Å². The maximum Gasteiger partial charge on any atom is 0.411 e. The predicted molar refractivity (Wildman–Crippen MR) is 87.7 cm³/mol. The van der Waals surface area contributed by atoms with E-state index in [1.54, 1.807) is 30.0 Å². The molecular weight excluding hydrogens is 312 g/mol. The molecule has 0 spiro atoms. The van der Waals surface area contributed by atoms with E-state index in [4.69, 9.17) is 9.47 Å². The zero-order valence-corrected chi connectivity index (χ0v) is 14.1. The number of likely N-dealkylation sites (tertiary alicyclic amines) is 1. The molecule has 1 aromatic rings. The van der Waals surface area contributed by atoms with Gasteiger partial charge in [0.1, 0.15) is 5.75 Å². The van der Waals surface area contributed by atoms with Crippen LogP contribution < -0.4 is 10.1 Å². The van der Waals surface area contributed by atoms with Gasteiger partial charge in [0.2, 0.25) is 5.91 Å². The van der Waals surface area contributed by atoms with Crippen LogP contribution in [0, 0.1) is 5.92 Å². The Kier molecular flexibility index (Phi) is 5.78. The van der Waals surface area contributed by atoms with Crippen molar-refractivity contribution in [2.75, 3.05) is 18.5 Å². The lowest BCUT2D eigenvalue weighted by Gasteiger charge is -2.20. The van der Waals surface area contributed by atoms with Crippen LogP contribution in [0.4, 0.5) is 10.5 Å². The van der Waals surface area contributed by atoms with E-state index in [9.17, 15) is 14.4 Å². The summed E-state index contributed by atoms with van der Waals surface area (Å²) >= 11 is 0. The van der Waals surface area contributed by atoms with E-state index in [2.05, 4.69) is 5.32 Å². The first-order chi connectivity index (χ1) is 11.4. The van der Waals surface area contributed by atoms with Gasteiger partial charge >= 0.3 is 12.1 Å². The number of carbonyl (C=O) groups is 3. The van der Waals surface area contributed by atoms with E-state index in [0.29, 0.717) is 18.0 Å². The monoisotopic (exact) mass is 334 g/mol. The van der Waals surface area contributed by atoms with Gasteiger partial charge in [0.15, 0.2) is 0 Å². The number of anilines is 1. The molecule has 1 aromatic carbocycles. The maximum atomic E-state index is 12.3. The molecule has 1 unspecified atom stereocenters. The van der Waals surface area contributed by atoms with Crippen LogP contribution >= 0.6 is 0 Å². The normalized spacial score (nSPS) is 17.1. The van der Waals surface area contributed by atoms with Crippen LogP contribution in [0.15, 0.2) is 24.3 Å². The molecule has 0 aromatic heterocycles. The molecule has 1 N–H and O–H groups in total. The number of hydrogen-bond donors (Lipinski definition) is 1. The van der Waals surface area contributed by atoms with Crippen LogP contribution in [-0.2, 0) is 14.3 Å². The second-order valence-corrected chi connectivity index (χ2v) is 5.84. The summed E-state index contributed by atoms with van der Waals surface area (Å²) in [5, 5.41) is 2.54. The fraction of sp³-hybridized carbons (Fsp3) is 0.471. The predicted octanol–water partition coefficient (Wildman–Crippen LogP) is 2.42. The zero-order valence-electron chi connectivity index (χ0n) is 14.1. The molecule has 0 bridgehead atoms. The molecule has 1 heterocycles. The molecule has 1 aliphatic rings. The van der Waals surface area contributed by atoms with Gasteiger partial charge in [-0.2, -0.15) is 0 Å². The van der Waals surface area contributed by atoms with Crippen molar-refractivity contribution in [3.05, 3.63) is 24.3 Å². The summed E-state index contributed by atoms with van der Waals surface area (Å²) in [6, 6.07) is 6.53. The van der Waals surface area contributed by atoms with E-state index in [1.165, 1.54) is 6.07 Å². The van der Waals surface area contributed by atoms with Gasteiger partial charge in [-0.05, 0) is 32.9 Å². The van der Waals surface area contributed by atoms with Gasteiger partial charge in [-0.1, -0.05) is 6.07 Å². The Bertz CT molecular complexity index is 629. The Balaban J connectivity index is 1.97. The number of rotatable bonds is 5. The average Bonchev–Trinajstić information content (AvgIpc) is 2.90. The van der Waals surface area contributed by atoms with Crippen molar-refractivity contribution >= 4 is 23.7 Å². The standard InChI is InChI=1S/C17H22N2O5/c1-4-23-17(22)18-13-6-5-7-14(9-13)24-16(21)12-8-15(20)19(10-12)11(2)3/h5-7,9,11-12H,4,8,10H2,1-3H3,(H,18,22). The van der Waals surface area contributed by atoms with Crippen molar-refractivity contribution in [2.45, 2.75) is 33.2 Å². The second kappa shape index (κ2) is 7.81. The maximum absolute atomic E-state index is 12.3. The number of nitrogens with one attached hydrogen (secondary N) is 1. The highest BCUT2D eigenvalue weighted by molar-refractivity contribution is 5.88. The molecule has 7 heteroatoms. The van der Waals surface area contributed by atoms with Gasteiger partial charge < -0.3 is 14.4 Å². The first-order valence-corrected chi connectivity index (χ1v) is 7.95. The van der Waals surface area contributed by atoms with Crippen molar-refractivity contribution < 1.29 is 23.9 Å². The van der Waals surface area contributed by atoms with E-state index in [-0.39, 0.29) is 25.0 Å². The third-order valence-corrected chi connectivity index (χ3v) is 3.69. The summed E-state index contributed by atoms with van der Waals surface area (Å²) in [6.45, 7) is 6.17. The number of ether oxygens (including phenoxy) is 2. The minimum atomic E-state index is -0.574. The fourth-order valence-corrected chi connectivity index (χ4v) is 2.51. The zero-order chi connectivity index (χ0) is 17.7. The van der Waals surface area contributed by atoms with Gasteiger partial charge in [-0.25, -0.2) is 4.79 Å². The molecule has 0 aliphatic carbocycles. The van der Waals surface area contributed by atoms with E-state index in [0.717, 1.165) is 0 Å². The van der Waals surface area contributed by atoms with Gasteiger partial charge in [-0.3, -0.25) is 14.9 Å². The summed E-state index contributed by atoms with van der Waals surface area (Å²) in [5.41, 5.74) is 0.463. The summed E-state index contributed by atoms with van der Waals surface area (Å²) in [5.74, 6) is -0.643. The van der Waals surface area contributed by atoms with Gasteiger partial charge in [0.25, 0.3) is 0 Å². The lowest BCUT2D eigenvalue weighted by molar-refractivity contribution is -0.139. The SMILES string of the molecule is CCOC(=O)Nc1cccc(OC(=O)C2CC(=O)N(C(C)C)C2)c1. The van der Waals surface area contributed by atoms with Gasteiger partial charge in [-0.15, -0.1) is 0 Å². The number of esters is 1. The molecule has 7 nitrogen and oxygen atoms in total. The number of amides is 2. The topological polar surface area (TPSA) is 84.9 Å². The van der Waals surface area contributed by atoms with E-state index in [1.807, 2.05) is 13.8 Å². The molecule has 1 saturated heterocycles. The molecule has 24 heavy (non-hydrogen) atoms. The van der Waals surface area contributed by atoms with Crippen LogP contribution in [0.3, 0.4) is 0 Å². The average molecular weight is 334 g/mol. The molecule has 0 saturated carbocycles. The highest BCUT2D eigenvalue weighted by Crippen LogP contribution is 2.24. The van der Waals surface area contributed by atoms with E-state index >= 15 is 0 Å².